The van der Waals surface area contributed by atoms with E-state index in [0.29, 0.717) is 5.56 Å². The summed E-state index contributed by atoms with van der Waals surface area (Å²) in [5.41, 5.74) is 8.59. The molecule has 0 saturated carbocycles. The number of aliphatic hydroxyl groups is 1. The van der Waals surface area contributed by atoms with Crippen molar-refractivity contribution in [1.29, 1.82) is 0 Å². The van der Waals surface area contributed by atoms with Crippen molar-refractivity contribution in [2.45, 2.75) is 36.6 Å². The molecule has 0 unspecified atom stereocenters. The lowest BCUT2D eigenvalue weighted by molar-refractivity contribution is -0.177. The fourth-order valence-corrected chi connectivity index (χ4v) is 5.78. The van der Waals surface area contributed by atoms with Crippen LogP contribution in [0.15, 0.2) is 71.8 Å². The van der Waals surface area contributed by atoms with Gasteiger partial charge >= 0.3 is 5.97 Å². The number of carboxylic acid groups (broad SMARTS) is 1. The first-order valence-electron chi connectivity index (χ1n) is 12.8. The summed E-state index contributed by atoms with van der Waals surface area (Å²) in [4.78, 5) is 29.1. The van der Waals surface area contributed by atoms with Gasteiger partial charge in [-0.15, -0.1) is 11.3 Å². The second-order valence-corrected chi connectivity index (χ2v) is 10.8. The zero-order valence-corrected chi connectivity index (χ0v) is 23.3. The van der Waals surface area contributed by atoms with Gasteiger partial charge in [-0.3, -0.25) is 4.57 Å². The van der Waals surface area contributed by atoms with E-state index in [0.717, 1.165) is 11.1 Å². The van der Waals surface area contributed by atoms with Crippen LogP contribution in [0.4, 0.5) is 10.2 Å². The normalized spacial score (nSPS) is 21.9. The number of ether oxygens (including phenoxy) is 2. The van der Waals surface area contributed by atoms with Crippen molar-refractivity contribution in [3.8, 4) is 11.1 Å². The Labute approximate surface area is 247 Å². The highest BCUT2D eigenvalue weighted by molar-refractivity contribution is 7.07. The third-order valence-corrected chi connectivity index (χ3v) is 7.94. The van der Waals surface area contributed by atoms with Gasteiger partial charge in [0.2, 0.25) is 10.9 Å². The van der Waals surface area contributed by atoms with E-state index in [4.69, 9.17) is 26.8 Å². The van der Waals surface area contributed by atoms with Crippen LogP contribution in [-0.4, -0.2) is 65.7 Å². The van der Waals surface area contributed by atoms with E-state index in [1.165, 1.54) is 27.7 Å². The predicted octanol–water partition coefficient (Wildman–Crippen LogP) is 4.02. The van der Waals surface area contributed by atoms with Crippen molar-refractivity contribution >= 4 is 45.9 Å². The summed E-state index contributed by atoms with van der Waals surface area (Å²) in [6.07, 6.45) is -4.96. The molecule has 0 spiro atoms. The van der Waals surface area contributed by atoms with Crippen LogP contribution in [0, 0.1) is 0 Å². The molecule has 42 heavy (non-hydrogen) atoms. The van der Waals surface area contributed by atoms with Gasteiger partial charge in [0.05, 0.1) is 24.1 Å². The van der Waals surface area contributed by atoms with E-state index in [1.807, 2.05) is 54.6 Å². The molecule has 4 N–H and O–H groups in total. The number of fused-ring (bicyclic) bond motifs is 1. The number of alkyl halides is 1. The van der Waals surface area contributed by atoms with Gasteiger partial charge in [0.1, 0.15) is 17.7 Å². The minimum Gasteiger partial charge on any atom is -0.479 e. The van der Waals surface area contributed by atoms with Gasteiger partial charge in [-0.1, -0.05) is 54.6 Å². The fourth-order valence-electron chi connectivity index (χ4n) is 4.99. The Bertz CT molecular complexity index is 1710. The number of imidazole rings is 1. The van der Waals surface area contributed by atoms with E-state index < -0.39 is 42.8 Å². The number of anilines is 1. The van der Waals surface area contributed by atoms with Crippen LogP contribution in [-0.2, 0) is 26.3 Å². The Morgan fingerprint density at radius 1 is 1.14 bits per heavy atom. The molecular weight excluding hydrogens is 587 g/mol. The number of carboxylic acids is 1. The van der Waals surface area contributed by atoms with Gasteiger partial charge in [-0.2, -0.15) is 9.97 Å². The summed E-state index contributed by atoms with van der Waals surface area (Å²) in [6.45, 7) is -0.450. The number of nitrogens with zero attached hydrogens (tertiary/aromatic N) is 5. The minimum absolute atomic E-state index is 0.00360. The SMILES string of the molecule is Nc1nc(Cl)nc2c1ncn2[C@@H]1O[C@H](CO[C@](Cc2ccc(-c3ccccc3)cc2)(C(=O)O)c2cscn2)[C@@H](O)[C@@H]1F. The quantitative estimate of drug-likeness (QED) is 0.208. The zero-order valence-electron chi connectivity index (χ0n) is 21.7. The number of thiazole rings is 1. The van der Waals surface area contributed by atoms with E-state index in [1.54, 1.807) is 5.38 Å². The molecule has 216 valence electrons. The van der Waals surface area contributed by atoms with E-state index >= 15 is 4.39 Å². The second-order valence-electron chi connectivity index (χ2n) is 9.76. The fraction of sp³-hybridized carbons (Fsp3) is 0.250. The van der Waals surface area contributed by atoms with Gasteiger partial charge in [0.25, 0.3) is 0 Å². The topological polar surface area (TPSA) is 158 Å². The molecule has 1 aliphatic rings. The Kier molecular flexibility index (Phi) is 7.60. The number of benzene rings is 2. The number of aromatic nitrogens is 5. The maximum Gasteiger partial charge on any atom is 0.342 e. The van der Waals surface area contributed by atoms with Crippen molar-refractivity contribution < 1.29 is 28.9 Å². The lowest BCUT2D eigenvalue weighted by Gasteiger charge is -2.30. The molecule has 14 heteroatoms. The van der Waals surface area contributed by atoms with E-state index in [2.05, 4.69) is 19.9 Å². The number of hydrogen-bond donors (Lipinski definition) is 3. The summed E-state index contributed by atoms with van der Waals surface area (Å²) < 4.78 is 28.5. The molecule has 6 rings (SSSR count). The molecule has 0 amide bonds. The maximum atomic E-state index is 15.4. The minimum atomic E-state index is -1.93. The summed E-state index contributed by atoms with van der Waals surface area (Å²) >= 11 is 7.15. The van der Waals surface area contributed by atoms with Crippen LogP contribution in [0.3, 0.4) is 0 Å². The molecule has 0 bridgehead atoms. The number of rotatable bonds is 9. The average Bonchev–Trinajstić information content (AvgIpc) is 3.73. The smallest absolute Gasteiger partial charge is 0.342 e. The Balaban J connectivity index is 1.25. The number of carbonyl (C=O) groups is 1. The van der Waals surface area contributed by atoms with Crippen LogP contribution in [0.1, 0.15) is 17.5 Å². The lowest BCUT2D eigenvalue weighted by atomic mass is 9.90. The Morgan fingerprint density at radius 2 is 1.88 bits per heavy atom. The number of nitrogen functional groups attached to an aromatic ring is 1. The van der Waals surface area contributed by atoms with E-state index in [-0.39, 0.29) is 34.4 Å². The standard InChI is InChI=1S/C28H24ClFN6O5S/c29-27-34-23(31)21-24(35-27)36(13-32-21)25-20(30)22(37)18(41-25)11-40-28(26(38)39,19-12-42-14-33-19)10-15-6-8-17(9-7-15)16-4-2-1-3-5-16/h1-9,12-14,18,20,22,25,37H,10-11H2,(H,38,39)(H2,31,34,35)/t18-,20+,22-,25-,28+/m1/s1. The average molecular weight is 611 g/mol. The van der Waals surface area contributed by atoms with Crippen LogP contribution < -0.4 is 5.73 Å². The molecule has 2 aromatic carbocycles. The maximum absolute atomic E-state index is 15.4. The molecule has 5 aromatic rings. The first-order valence-corrected chi connectivity index (χ1v) is 14.1. The lowest BCUT2D eigenvalue weighted by Crippen LogP contribution is -2.44. The highest BCUT2D eigenvalue weighted by Crippen LogP contribution is 2.37. The molecule has 5 atom stereocenters. The molecule has 0 aliphatic carbocycles. The molecule has 1 aliphatic heterocycles. The number of aliphatic carboxylic acids is 1. The predicted molar refractivity (Wildman–Crippen MR) is 153 cm³/mol. The van der Waals surface area contributed by atoms with Crippen LogP contribution in [0.2, 0.25) is 5.28 Å². The number of aliphatic hydroxyl groups excluding tert-OH is 1. The largest absolute Gasteiger partial charge is 0.479 e. The third-order valence-electron chi connectivity index (χ3n) is 7.19. The summed E-state index contributed by atoms with van der Waals surface area (Å²) in [6, 6.07) is 17.2. The summed E-state index contributed by atoms with van der Waals surface area (Å²) in [5.74, 6) is -1.28. The van der Waals surface area contributed by atoms with Crippen molar-refractivity contribution in [2.75, 3.05) is 12.3 Å². The first kappa shape index (κ1) is 28.1. The van der Waals surface area contributed by atoms with Crippen LogP contribution in [0.5, 0.6) is 0 Å². The molecular formula is C28H24ClFN6O5S. The Hall–Kier alpha value is -4.01. The number of nitrogens with two attached hydrogens (primary N) is 1. The second kappa shape index (κ2) is 11.3. The molecule has 1 saturated heterocycles. The monoisotopic (exact) mass is 610 g/mol. The molecule has 1 fully saturated rings. The molecule has 4 heterocycles. The van der Waals surface area contributed by atoms with Gasteiger partial charge in [0, 0.05) is 11.8 Å². The summed E-state index contributed by atoms with van der Waals surface area (Å²) in [7, 11) is 0. The van der Waals surface area contributed by atoms with Crippen molar-refractivity contribution in [3.63, 3.8) is 0 Å². The van der Waals surface area contributed by atoms with Gasteiger partial charge in [0.15, 0.2) is 23.9 Å². The van der Waals surface area contributed by atoms with Crippen LogP contribution >= 0.6 is 22.9 Å². The molecule has 11 nitrogen and oxygen atoms in total. The van der Waals surface area contributed by atoms with Gasteiger partial charge < -0.3 is 25.4 Å². The van der Waals surface area contributed by atoms with Crippen LogP contribution in [0.25, 0.3) is 22.3 Å². The Morgan fingerprint density at radius 3 is 2.57 bits per heavy atom. The molecule has 3 aromatic heterocycles. The van der Waals surface area contributed by atoms with Crippen molar-refractivity contribution in [3.05, 3.63) is 88.4 Å². The number of halogens is 2. The third kappa shape index (κ3) is 5.10. The number of hydrogen-bond acceptors (Lipinski definition) is 10. The molecule has 0 radical (unpaired) electrons. The zero-order chi connectivity index (χ0) is 29.4. The van der Waals surface area contributed by atoms with Gasteiger partial charge in [-0.25, -0.2) is 19.2 Å². The highest BCUT2D eigenvalue weighted by atomic mass is 35.5. The first-order chi connectivity index (χ1) is 20.3. The van der Waals surface area contributed by atoms with Gasteiger partial charge in [-0.05, 0) is 28.3 Å². The van der Waals surface area contributed by atoms with Crippen molar-refractivity contribution in [1.82, 2.24) is 24.5 Å². The van der Waals surface area contributed by atoms with Crippen molar-refractivity contribution in [2.24, 2.45) is 0 Å². The summed E-state index contributed by atoms with van der Waals surface area (Å²) in [5, 5.41) is 22.6. The van der Waals surface area contributed by atoms with E-state index in [9.17, 15) is 15.0 Å². The highest BCUT2D eigenvalue weighted by Gasteiger charge is 2.49.